The molecule has 5 rings (SSSR count). The fraction of sp³-hybridized carbons (Fsp3) is 0.385. The Kier molecular flexibility index (Phi) is 6.60. The van der Waals surface area contributed by atoms with Gasteiger partial charge in [0, 0.05) is 37.4 Å². The Hall–Kier alpha value is -2.90. The molecule has 1 N–H and O–H groups in total. The monoisotopic (exact) mass is 462 g/mol. The SMILES string of the molecule is COCCn1cccc1[C@@H]1[C@H](c2ccccn2)NC(=S)N1c1ccc(OC2CCCC2)cc1. The van der Waals surface area contributed by atoms with Gasteiger partial charge in [-0.2, -0.15) is 0 Å². The average Bonchev–Trinajstić information content (AvgIpc) is 3.59. The number of benzene rings is 1. The summed E-state index contributed by atoms with van der Waals surface area (Å²) in [6.07, 6.45) is 9.09. The number of hydrogen-bond donors (Lipinski definition) is 1. The number of pyridine rings is 1. The molecule has 1 aliphatic carbocycles. The third-order valence-electron chi connectivity index (χ3n) is 6.52. The summed E-state index contributed by atoms with van der Waals surface area (Å²) < 4.78 is 13.8. The van der Waals surface area contributed by atoms with Crippen LogP contribution in [0.25, 0.3) is 0 Å². The van der Waals surface area contributed by atoms with Crippen LogP contribution < -0.4 is 15.0 Å². The standard InChI is InChI=1S/C26H30N4O2S/c1-31-18-17-29-16-6-10-23(29)25-24(22-9-4-5-15-27-22)28-26(33)30(25)19-11-13-21(14-12-19)32-20-7-2-3-8-20/h4-6,9-16,20,24-25H,2-3,7-8,17-18H2,1H3,(H,28,33)/t24-,25+/m0/s1. The van der Waals surface area contributed by atoms with E-state index in [2.05, 4.69) is 68.4 Å². The lowest BCUT2D eigenvalue weighted by Gasteiger charge is -2.29. The number of thiocarbonyl (C=S) groups is 1. The van der Waals surface area contributed by atoms with Crippen LogP contribution in [0.4, 0.5) is 5.69 Å². The Morgan fingerprint density at radius 3 is 2.61 bits per heavy atom. The van der Waals surface area contributed by atoms with Crippen molar-refractivity contribution in [3.63, 3.8) is 0 Å². The van der Waals surface area contributed by atoms with E-state index in [0.29, 0.717) is 17.8 Å². The Bertz CT molecular complexity index is 1060. The number of anilines is 1. The average molecular weight is 463 g/mol. The van der Waals surface area contributed by atoms with Crippen molar-refractivity contribution < 1.29 is 9.47 Å². The molecule has 1 aliphatic heterocycles. The van der Waals surface area contributed by atoms with Gasteiger partial charge in [-0.05, 0) is 86.4 Å². The number of hydrogen-bond acceptors (Lipinski definition) is 4. The van der Waals surface area contributed by atoms with Crippen molar-refractivity contribution in [2.45, 2.75) is 50.4 Å². The second-order valence-corrected chi connectivity index (χ2v) is 9.02. The van der Waals surface area contributed by atoms with E-state index >= 15 is 0 Å². The van der Waals surface area contributed by atoms with Crippen molar-refractivity contribution in [2.24, 2.45) is 0 Å². The van der Waals surface area contributed by atoms with E-state index < -0.39 is 0 Å². The van der Waals surface area contributed by atoms with Crippen molar-refractivity contribution >= 4 is 23.0 Å². The quantitative estimate of drug-likeness (QED) is 0.474. The Labute approximate surface area is 200 Å². The highest BCUT2D eigenvalue weighted by Gasteiger charge is 2.42. The highest BCUT2D eigenvalue weighted by atomic mass is 32.1. The minimum absolute atomic E-state index is 0.0409. The summed E-state index contributed by atoms with van der Waals surface area (Å²) in [4.78, 5) is 6.85. The van der Waals surface area contributed by atoms with Crippen LogP contribution in [-0.2, 0) is 11.3 Å². The molecule has 3 heterocycles. The largest absolute Gasteiger partial charge is 0.490 e. The number of ether oxygens (including phenoxy) is 2. The fourth-order valence-electron chi connectivity index (χ4n) is 4.91. The second kappa shape index (κ2) is 9.93. The molecule has 1 aromatic carbocycles. The summed E-state index contributed by atoms with van der Waals surface area (Å²) in [6, 6.07) is 18.5. The lowest BCUT2D eigenvalue weighted by atomic mass is 10.0. The zero-order valence-corrected chi connectivity index (χ0v) is 19.7. The van der Waals surface area contributed by atoms with Crippen LogP contribution in [0, 0.1) is 0 Å². The third-order valence-corrected chi connectivity index (χ3v) is 6.84. The van der Waals surface area contributed by atoms with Gasteiger partial charge in [0.25, 0.3) is 0 Å². The molecule has 2 atom stereocenters. The molecule has 1 saturated carbocycles. The van der Waals surface area contributed by atoms with Crippen LogP contribution >= 0.6 is 12.2 Å². The first kappa shape index (κ1) is 21.9. The summed E-state index contributed by atoms with van der Waals surface area (Å²) in [5.41, 5.74) is 3.17. The van der Waals surface area contributed by atoms with Gasteiger partial charge in [-0.25, -0.2) is 0 Å². The molecule has 2 aromatic heterocycles. The van der Waals surface area contributed by atoms with Crippen LogP contribution in [-0.4, -0.2) is 34.5 Å². The molecule has 0 unspecified atom stereocenters. The first-order valence-corrected chi connectivity index (χ1v) is 12.1. The summed E-state index contributed by atoms with van der Waals surface area (Å²) in [5, 5.41) is 4.23. The molecule has 6 nitrogen and oxygen atoms in total. The highest BCUT2D eigenvalue weighted by Crippen LogP contribution is 2.42. The van der Waals surface area contributed by atoms with Crippen molar-refractivity contribution in [1.82, 2.24) is 14.9 Å². The van der Waals surface area contributed by atoms with Gasteiger partial charge in [0.2, 0.25) is 0 Å². The molecule has 2 fully saturated rings. The van der Waals surface area contributed by atoms with Gasteiger partial charge >= 0.3 is 0 Å². The van der Waals surface area contributed by atoms with Gasteiger partial charge in [0.05, 0.1) is 24.4 Å². The molecule has 2 aliphatic rings. The Balaban J connectivity index is 1.48. The lowest BCUT2D eigenvalue weighted by Crippen LogP contribution is -2.30. The van der Waals surface area contributed by atoms with Gasteiger partial charge in [-0.1, -0.05) is 6.07 Å². The molecule has 1 saturated heterocycles. The van der Waals surface area contributed by atoms with E-state index in [-0.39, 0.29) is 12.1 Å². The first-order chi connectivity index (χ1) is 16.2. The van der Waals surface area contributed by atoms with Gasteiger partial charge in [0.1, 0.15) is 11.8 Å². The molecule has 7 heteroatoms. The summed E-state index contributed by atoms with van der Waals surface area (Å²) in [7, 11) is 1.73. The van der Waals surface area contributed by atoms with Crippen LogP contribution in [0.1, 0.15) is 49.2 Å². The topological polar surface area (TPSA) is 51.5 Å². The van der Waals surface area contributed by atoms with E-state index in [1.165, 1.54) is 18.5 Å². The number of rotatable bonds is 8. The summed E-state index contributed by atoms with van der Waals surface area (Å²) in [5.74, 6) is 0.921. The van der Waals surface area contributed by atoms with Crippen LogP contribution in [0.2, 0.25) is 0 Å². The van der Waals surface area contributed by atoms with E-state index in [1.807, 2.05) is 18.3 Å². The molecule has 0 amide bonds. The minimum atomic E-state index is -0.0655. The third kappa shape index (κ3) is 4.61. The van der Waals surface area contributed by atoms with E-state index in [4.69, 9.17) is 21.7 Å². The molecule has 33 heavy (non-hydrogen) atoms. The summed E-state index contributed by atoms with van der Waals surface area (Å²) in [6.45, 7) is 1.42. The van der Waals surface area contributed by atoms with E-state index in [1.54, 1.807) is 7.11 Å². The van der Waals surface area contributed by atoms with Gasteiger partial charge in [-0.15, -0.1) is 0 Å². The first-order valence-electron chi connectivity index (χ1n) is 11.7. The van der Waals surface area contributed by atoms with Gasteiger partial charge < -0.3 is 24.3 Å². The number of aromatic nitrogens is 2. The Morgan fingerprint density at radius 1 is 1.06 bits per heavy atom. The zero-order valence-electron chi connectivity index (χ0n) is 18.9. The van der Waals surface area contributed by atoms with Crippen LogP contribution in [0.5, 0.6) is 5.75 Å². The van der Waals surface area contributed by atoms with Crippen molar-refractivity contribution in [1.29, 1.82) is 0 Å². The summed E-state index contributed by atoms with van der Waals surface area (Å²) >= 11 is 5.85. The smallest absolute Gasteiger partial charge is 0.174 e. The molecule has 0 bridgehead atoms. The maximum absolute atomic E-state index is 6.18. The zero-order chi connectivity index (χ0) is 22.6. The fourth-order valence-corrected chi connectivity index (χ4v) is 5.25. The molecular formula is C26H30N4O2S. The van der Waals surface area contributed by atoms with Crippen LogP contribution in [0.15, 0.2) is 67.0 Å². The normalized spacial score (nSPS) is 20.9. The van der Waals surface area contributed by atoms with Crippen molar-refractivity contribution in [3.8, 4) is 5.75 Å². The Morgan fingerprint density at radius 2 is 1.88 bits per heavy atom. The maximum Gasteiger partial charge on any atom is 0.174 e. The molecule has 0 spiro atoms. The number of methoxy groups -OCH3 is 1. The van der Waals surface area contributed by atoms with Gasteiger partial charge in [-0.3, -0.25) is 4.98 Å². The molecule has 0 radical (unpaired) electrons. The van der Waals surface area contributed by atoms with Crippen molar-refractivity contribution in [3.05, 3.63) is 78.4 Å². The molecular weight excluding hydrogens is 432 g/mol. The lowest BCUT2D eigenvalue weighted by molar-refractivity contribution is 0.186. The maximum atomic E-state index is 6.18. The predicted octanol–water partition coefficient (Wildman–Crippen LogP) is 5.03. The number of nitrogens with one attached hydrogen (secondary N) is 1. The van der Waals surface area contributed by atoms with E-state index in [9.17, 15) is 0 Å². The minimum Gasteiger partial charge on any atom is -0.490 e. The highest BCUT2D eigenvalue weighted by molar-refractivity contribution is 7.80. The van der Waals surface area contributed by atoms with E-state index in [0.717, 1.165) is 36.5 Å². The van der Waals surface area contributed by atoms with Crippen molar-refractivity contribution in [2.75, 3.05) is 18.6 Å². The van der Waals surface area contributed by atoms with Crippen LogP contribution in [0.3, 0.4) is 0 Å². The van der Waals surface area contributed by atoms with Gasteiger partial charge in [0.15, 0.2) is 5.11 Å². The number of nitrogens with zero attached hydrogens (tertiary/aromatic N) is 3. The predicted molar refractivity (Wildman–Crippen MR) is 134 cm³/mol. The molecule has 3 aromatic rings. The second-order valence-electron chi connectivity index (χ2n) is 8.63. The molecule has 172 valence electrons.